The molecule has 0 fully saturated rings. The molecule has 0 spiro atoms. The van der Waals surface area contributed by atoms with Crippen molar-refractivity contribution in [3.63, 3.8) is 0 Å². The second-order valence-electron chi connectivity index (χ2n) is 6.26. The highest BCUT2D eigenvalue weighted by Crippen LogP contribution is 2.21. The van der Waals surface area contributed by atoms with Crippen LogP contribution in [0.15, 0.2) is 23.1 Å². The topological polar surface area (TPSA) is 66.3 Å². The number of imidazole rings is 1. The highest BCUT2D eigenvalue weighted by atomic mass is 35.5. The van der Waals surface area contributed by atoms with Crippen LogP contribution >= 0.6 is 11.6 Å². The monoisotopic (exact) mass is 343 g/mol. The summed E-state index contributed by atoms with van der Waals surface area (Å²) in [6.07, 6.45) is 2.68. The van der Waals surface area contributed by atoms with Gasteiger partial charge in [0.05, 0.1) is 27.7 Å². The van der Waals surface area contributed by atoms with Crippen molar-refractivity contribution in [3.8, 4) is 0 Å². The number of hydrogen-bond acceptors (Lipinski definition) is 4. The van der Waals surface area contributed by atoms with Gasteiger partial charge >= 0.3 is 0 Å². The van der Waals surface area contributed by atoms with E-state index in [0.29, 0.717) is 17.4 Å². The van der Waals surface area contributed by atoms with Crippen LogP contribution in [0.5, 0.6) is 0 Å². The Labute approximate surface area is 144 Å². The zero-order chi connectivity index (χ0) is 16.8. The standard InChI is InChI=1S/C17H18ClN5O/c1-10-15(23-7-12(18)3-4-16(23)19-10)9-22-6-5-14-13(8-22)17(24)21-11(2)20-14/h3-4,7H,5-6,8-9H2,1-2H3,(H,20,21,24). The number of halogens is 1. The van der Waals surface area contributed by atoms with Gasteiger partial charge < -0.3 is 9.38 Å². The van der Waals surface area contributed by atoms with Crippen LogP contribution in [0.4, 0.5) is 0 Å². The van der Waals surface area contributed by atoms with Crippen molar-refractivity contribution < 1.29 is 0 Å². The highest BCUT2D eigenvalue weighted by Gasteiger charge is 2.22. The Hall–Kier alpha value is -2.18. The first-order valence-electron chi connectivity index (χ1n) is 7.95. The van der Waals surface area contributed by atoms with Gasteiger partial charge in [0, 0.05) is 32.3 Å². The predicted octanol–water partition coefficient (Wildman–Crippen LogP) is 2.25. The molecule has 4 rings (SSSR count). The maximum Gasteiger partial charge on any atom is 0.255 e. The lowest BCUT2D eigenvalue weighted by atomic mass is 10.1. The molecule has 7 heteroatoms. The molecule has 1 N–H and O–H groups in total. The number of hydrogen-bond donors (Lipinski definition) is 1. The first-order valence-corrected chi connectivity index (χ1v) is 8.33. The molecule has 6 nitrogen and oxygen atoms in total. The molecule has 0 bridgehead atoms. The van der Waals surface area contributed by atoms with Crippen molar-refractivity contribution in [3.05, 3.63) is 62.2 Å². The quantitative estimate of drug-likeness (QED) is 0.775. The van der Waals surface area contributed by atoms with Crippen LogP contribution in [0.2, 0.25) is 5.02 Å². The molecule has 0 aliphatic carbocycles. The van der Waals surface area contributed by atoms with Gasteiger partial charge in [-0.1, -0.05) is 11.6 Å². The molecule has 0 saturated heterocycles. The Morgan fingerprint density at radius 2 is 2.12 bits per heavy atom. The third kappa shape index (κ3) is 2.61. The van der Waals surface area contributed by atoms with Crippen LogP contribution in [-0.4, -0.2) is 30.8 Å². The fourth-order valence-electron chi connectivity index (χ4n) is 3.33. The van der Waals surface area contributed by atoms with Crippen LogP contribution in [0.25, 0.3) is 5.65 Å². The molecule has 0 atom stereocenters. The molecule has 124 valence electrons. The molecular formula is C17H18ClN5O. The summed E-state index contributed by atoms with van der Waals surface area (Å²) in [5.74, 6) is 0.680. The molecule has 0 unspecified atom stereocenters. The van der Waals surface area contributed by atoms with E-state index in [1.54, 1.807) is 0 Å². The van der Waals surface area contributed by atoms with Crippen LogP contribution in [0.3, 0.4) is 0 Å². The van der Waals surface area contributed by atoms with Crippen molar-refractivity contribution in [1.29, 1.82) is 0 Å². The number of fused-ring (bicyclic) bond motifs is 2. The average Bonchev–Trinajstić information content (AvgIpc) is 2.83. The van der Waals surface area contributed by atoms with Gasteiger partial charge in [0.25, 0.3) is 5.56 Å². The van der Waals surface area contributed by atoms with Crippen LogP contribution in [0.1, 0.15) is 28.5 Å². The Morgan fingerprint density at radius 3 is 2.96 bits per heavy atom. The van der Waals surface area contributed by atoms with Gasteiger partial charge in [-0.05, 0) is 26.0 Å². The maximum atomic E-state index is 12.2. The molecule has 24 heavy (non-hydrogen) atoms. The summed E-state index contributed by atoms with van der Waals surface area (Å²) in [4.78, 5) is 26.3. The van der Waals surface area contributed by atoms with Gasteiger partial charge in [0.15, 0.2) is 0 Å². The van der Waals surface area contributed by atoms with E-state index >= 15 is 0 Å². The largest absolute Gasteiger partial charge is 0.310 e. The summed E-state index contributed by atoms with van der Waals surface area (Å²) in [5, 5.41) is 0.682. The molecule has 4 heterocycles. The fourth-order valence-corrected chi connectivity index (χ4v) is 3.49. The maximum absolute atomic E-state index is 12.2. The number of H-pyrrole nitrogens is 1. The minimum atomic E-state index is -0.0277. The Morgan fingerprint density at radius 1 is 1.29 bits per heavy atom. The van der Waals surface area contributed by atoms with Crippen molar-refractivity contribution in [2.45, 2.75) is 33.4 Å². The van der Waals surface area contributed by atoms with Crippen molar-refractivity contribution >= 4 is 17.2 Å². The van der Waals surface area contributed by atoms with Crippen molar-refractivity contribution in [1.82, 2.24) is 24.3 Å². The van der Waals surface area contributed by atoms with Gasteiger partial charge in [0.1, 0.15) is 11.5 Å². The summed E-state index contributed by atoms with van der Waals surface area (Å²) in [6, 6.07) is 3.76. The first kappa shape index (κ1) is 15.4. The normalized spacial score (nSPS) is 15.0. The van der Waals surface area contributed by atoms with Gasteiger partial charge in [-0.25, -0.2) is 9.97 Å². The number of nitrogens with one attached hydrogen (secondary N) is 1. The molecule has 1 aliphatic heterocycles. The first-order chi connectivity index (χ1) is 11.5. The van der Waals surface area contributed by atoms with Crippen molar-refractivity contribution in [2.24, 2.45) is 0 Å². The van der Waals surface area contributed by atoms with E-state index < -0.39 is 0 Å². The lowest BCUT2D eigenvalue weighted by molar-refractivity contribution is 0.237. The SMILES string of the molecule is Cc1nc2c(c(=O)[nH]1)CN(Cc1c(C)nc3ccc(Cl)cn13)CC2. The van der Waals surface area contributed by atoms with E-state index in [1.807, 2.05) is 36.6 Å². The lowest BCUT2D eigenvalue weighted by Gasteiger charge is -2.27. The number of aromatic amines is 1. The molecule has 0 radical (unpaired) electrons. The minimum absolute atomic E-state index is 0.0277. The summed E-state index contributed by atoms with van der Waals surface area (Å²) in [7, 11) is 0. The minimum Gasteiger partial charge on any atom is -0.310 e. The van der Waals surface area contributed by atoms with Crippen LogP contribution < -0.4 is 5.56 Å². The van der Waals surface area contributed by atoms with Gasteiger partial charge in [-0.2, -0.15) is 0 Å². The Bertz CT molecular complexity index is 991. The molecule has 0 saturated carbocycles. The third-order valence-corrected chi connectivity index (χ3v) is 4.74. The predicted molar refractivity (Wildman–Crippen MR) is 92.4 cm³/mol. The molecule has 3 aromatic heterocycles. The summed E-state index contributed by atoms with van der Waals surface area (Å²) < 4.78 is 2.03. The Kier molecular flexibility index (Phi) is 3.66. The van der Waals surface area contributed by atoms with Gasteiger partial charge in [-0.3, -0.25) is 9.69 Å². The molecular weight excluding hydrogens is 326 g/mol. The van der Waals surface area contributed by atoms with E-state index in [1.165, 1.54) is 0 Å². The molecule has 0 aromatic carbocycles. The zero-order valence-corrected chi connectivity index (χ0v) is 14.4. The molecule has 3 aromatic rings. The molecule has 1 aliphatic rings. The number of nitrogens with zero attached hydrogens (tertiary/aromatic N) is 4. The van der Waals surface area contributed by atoms with Crippen LogP contribution in [-0.2, 0) is 19.5 Å². The van der Waals surface area contributed by atoms with E-state index in [0.717, 1.165) is 47.8 Å². The van der Waals surface area contributed by atoms with Crippen molar-refractivity contribution in [2.75, 3.05) is 6.54 Å². The number of aryl methyl sites for hydroxylation is 2. The third-order valence-electron chi connectivity index (χ3n) is 4.52. The van der Waals surface area contributed by atoms with E-state index in [4.69, 9.17) is 11.6 Å². The fraction of sp³-hybridized carbons (Fsp3) is 0.353. The van der Waals surface area contributed by atoms with Gasteiger partial charge in [0.2, 0.25) is 0 Å². The average molecular weight is 344 g/mol. The van der Waals surface area contributed by atoms with Gasteiger partial charge in [-0.15, -0.1) is 0 Å². The number of aromatic nitrogens is 4. The second-order valence-corrected chi connectivity index (χ2v) is 6.69. The summed E-state index contributed by atoms with van der Waals surface area (Å²) >= 11 is 6.13. The van der Waals surface area contributed by atoms with Crippen LogP contribution in [0, 0.1) is 13.8 Å². The number of rotatable bonds is 2. The van der Waals surface area contributed by atoms with E-state index in [2.05, 4.69) is 19.9 Å². The summed E-state index contributed by atoms with van der Waals surface area (Å²) in [5.41, 5.74) is 4.65. The van der Waals surface area contributed by atoms with E-state index in [-0.39, 0.29) is 5.56 Å². The lowest BCUT2D eigenvalue weighted by Crippen LogP contribution is -2.36. The number of pyridine rings is 1. The highest BCUT2D eigenvalue weighted by molar-refractivity contribution is 6.30. The Balaban J connectivity index is 1.66. The zero-order valence-electron chi connectivity index (χ0n) is 13.6. The smallest absolute Gasteiger partial charge is 0.255 e. The second kappa shape index (κ2) is 5.72. The summed E-state index contributed by atoms with van der Waals surface area (Å²) in [6.45, 7) is 6.02. The molecule has 0 amide bonds. The van der Waals surface area contributed by atoms with E-state index in [9.17, 15) is 4.79 Å².